The minimum atomic E-state index is -0.558. The molecule has 0 fully saturated rings. The second kappa shape index (κ2) is 5.28. The number of carbonyl (C=O) groups is 1. The number of ketones is 1. The van der Waals surface area contributed by atoms with Gasteiger partial charge in [-0.05, 0) is 31.9 Å². The van der Waals surface area contributed by atoms with E-state index < -0.39 is 17.3 Å². The van der Waals surface area contributed by atoms with Crippen molar-refractivity contribution >= 4 is 5.78 Å². The van der Waals surface area contributed by atoms with E-state index in [0.29, 0.717) is 0 Å². The molecule has 0 saturated carbocycles. The highest BCUT2D eigenvalue weighted by atomic mass is 16.2. The molecule has 1 aromatic carbocycles. The third kappa shape index (κ3) is 2.34. The van der Waals surface area contributed by atoms with E-state index in [1.54, 1.807) is 6.92 Å². The van der Waals surface area contributed by atoms with E-state index in [0.717, 1.165) is 15.7 Å². The van der Waals surface area contributed by atoms with Crippen molar-refractivity contribution in [2.24, 2.45) is 0 Å². The fraction of sp³-hybridized carbons (Fsp3) is 0.267. The Kier molecular flexibility index (Phi) is 3.70. The van der Waals surface area contributed by atoms with E-state index in [1.807, 2.05) is 31.2 Å². The van der Waals surface area contributed by atoms with Crippen LogP contribution in [0.3, 0.4) is 0 Å². The molecule has 0 bridgehead atoms. The Bertz CT molecular complexity index is 771. The lowest BCUT2D eigenvalue weighted by Gasteiger charge is -2.17. The molecule has 1 N–H and O–H groups in total. The summed E-state index contributed by atoms with van der Waals surface area (Å²) >= 11 is 0. The smallest absolute Gasteiger partial charge is 0.313 e. The van der Waals surface area contributed by atoms with Crippen LogP contribution in [-0.4, -0.2) is 15.3 Å². The minimum absolute atomic E-state index is 0.00923. The zero-order chi connectivity index (χ0) is 14.9. The van der Waals surface area contributed by atoms with Gasteiger partial charge in [-0.25, -0.2) is 4.79 Å². The second-order valence-corrected chi connectivity index (χ2v) is 4.77. The third-order valence-electron chi connectivity index (χ3n) is 3.41. The molecule has 2 rings (SSSR count). The van der Waals surface area contributed by atoms with Gasteiger partial charge in [0.05, 0.1) is 11.6 Å². The van der Waals surface area contributed by atoms with E-state index in [9.17, 15) is 14.4 Å². The van der Waals surface area contributed by atoms with Gasteiger partial charge in [0.15, 0.2) is 5.78 Å². The van der Waals surface area contributed by atoms with Crippen LogP contribution in [-0.2, 0) is 0 Å². The lowest BCUT2D eigenvalue weighted by atomic mass is 10.0. The highest BCUT2D eigenvalue weighted by Gasteiger charge is 2.18. The van der Waals surface area contributed by atoms with Crippen LogP contribution in [0.2, 0.25) is 0 Å². The number of H-pyrrole nitrogens is 1. The molecule has 5 heteroatoms. The first-order valence-corrected chi connectivity index (χ1v) is 6.34. The van der Waals surface area contributed by atoms with Gasteiger partial charge in [0.25, 0.3) is 5.56 Å². The van der Waals surface area contributed by atoms with Crippen molar-refractivity contribution in [1.29, 1.82) is 0 Å². The van der Waals surface area contributed by atoms with Crippen LogP contribution in [0.5, 0.6) is 0 Å². The van der Waals surface area contributed by atoms with Crippen molar-refractivity contribution in [1.82, 2.24) is 9.55 Å². The molecule has 1 atom stereocenters. The Balaban J connectivity index is 2.67. The predicted octanol–water partition coefficient (Wildman–Crippen LogP) is 1.66. The van der Waals surface area contributed by atoms with Gasteiger partial charge in [-0.2, -0.15) is 0 Å². The Labute approximate surface area is 115 Å². The number of Topliss-reactive ketones (excluding diaryl/α,β-unsaturated/α-hetero) is 1. The molecule has 0 spiro atoms. The second-order valence-electron chi connectivity index (χ2n) is 4.77. The maximum absolute atomic E-state index is 12.3. The maximum atomic E-state index is 12.3. The number of rotatable bonds is 3. The number of nitrogens with zero attached hydrogens (tertiary/aromatic N) is 1. The Morgan fingerprint density at radius 2 is 1.90 bits per heavy atom. The van der Waals surface area contributed by atoms with E-state index in [4.69, 9.17) is 0 Å². The number of aromatic amines is 1. The van der Waals surface area contributed by atoms with Crippen LogP contribution in [0.1, 0.15) is 41.4 Å². The average Bonchev–Trinajstić information content (AvgIpc) is 2.38. The molecule has 2 aromatic rings. The number of aryl methyl sites for hydroxylation is 1. The van der Waals surface area contributed by atoms with E-state index in [-0.39, 0.29) is 11.3 Å². The first kappa shape index (κ1) is 14.0. The van der Waals surface area contributed by atoms with Crippen molar-refractivity contribution < 1.29 is 4.79 Å². The molecule has 5 nitrogen and oxygen atoms in total. The van der Waals surface area contributed by atoms with Crippen molar-refractivity contribution in [3.05, 3.63) is 68.0 Å². The fourth-order valence-corrected chi connectivity index (χ4v) is 2.29. The SMILES string of the molecule is CC(=O)c1c[nH]c(=O)n(C(C)c2ccccc2C)c1=O. The van der Waals surface area contributed by atoms with Crippen molar-refractivity contribution in [2.75, 3.05) is 0 Å². The molecular formula is C15H16N2O3. The van der Waals surface area contributed by atoms with Gasteiger partial charge in [-0.3, -0.25) is 14.2 Å². The molecule has 1 heterocycles. The number of nitrogens with one attached hydrogen (secondary N) is 1. The fourth-order valence-electron chi connectivity index (χ4n) is 2.29. The van der Waals surface area contributed by atoms with Crippen LogP contribution in [0.15, 0.2) is 40.1 Å². The standard InChI is InChI=1S/C15H16N2O3/c1-9-6-4-5-7-12(9)10(2)17-14(19)13(11(3)18)8-16-15(17)20/h4-8,10H,1-3H3,(H,16,20). The largest absolute Gasteiger partial charge is 0.328 e. The normalized spacial score (nSPS) is 12.2. The zero-order valence-corrected chi connectivity index (χ0v) is 11.6. The summed E-state index contributed by atoms with van der Waals surface area (Å²) in [4.78, 5) is 38.1. The number of hydrogen-bond donors (Lipinski definition) is 1. The van der Waals surface area contributed by atoms with Crippen LogP contribution in [0.25, 0.3) is 0 Å². The maximum Gasteiger partial charge on any atom is 0.328 e. The molecule has 104 valence electrons. The van der Waals surface area contributed by atoms with Crippen LogP contribution >= 0.6 is 0 Å². The summed E-state index contributed by atoms with van der Waals surface area (Å²) in [5, 5.41) is 0. The summed E-state index contributed by atoms with van der Waals surface area (Å²) in [6.07, 6.45) is 1.17. The van der Waals surface area contributed by atoms with Crippen LogP contribution < -0.4 is 11.2 Å². The van der Waals surface area contributed by atoms with Gasteiger partial charge in [0.1, 0.15) is 0 Å². The van der Waals surface area contributed by atoms with E-state index in [1.165, 1.54) is 13.1 Å². The molecule has 0 saturated heterocycles. The van der Waals surface area contributed by atoms with Gasteiger partial charge in [-0.15, -0.1) is 0 Å². The van der Waals surface area contributed by atoms with Gasteiger partial charge >= 0.3 is 5.69 Å². The molecule has 0 aliphatic heterocycles. The average molecular weight is 272 g/mol. The lowest BCUT2D eigenvalue weighted by Crippen LogP contribution is -2.40. The molecular weight excluding hydrogens is 256 g/mol. The lowest BCUT2D eigenvalue weighted by molar-refractivity contribution is 0.101. The summed E-state index contributed by atoms with van der Waals surface area (Å²) in [6.45, 7) is 4.99. The number of hydrogen-bond acceptors (Lipinski definition) is 3. The highest BCUT2D eigenvalue weighted by Crippen LogP contribution is 2.18. The highest BCUT2D eigenvalue weighted by molar-refractivity contribution is 5.93. The van der Waals surface area contributed by atoms with Gasteiger partial charge < -0.3 is 4.98 Å². The van der Waals surface area contributed by atoms with Gasteiger partial charge in [-0.1, -0.05) is 24.3 Å². The summed E-state index contributed by atoms with van der Waals surface area (Å²) < 4.78 is 1.08. The van der Waals surface area contributed by atoms with Gasteiger partial charge in [0.2, 0.25) is 0 Å². The first-order chi connectivity index (χ1) is 9.43. The third-order valence-corrected chi connectivity index (χ3v) is 3.41. The zero-order valence-electron chi connectivity index (χ0n) is 11.6. The first-order valence-electron chi connectivity index (χ1n) is 6.34. The Hall–Kier alpha value is -2.43. The predicted molar refractivity (Wildman–Crippen MR) is 76.3 cm³/mol. The Morgan fingerprint density at radius 3 is 2.50 bits per heavy atom. The minimum Gasteiger partial charge on any atom is -0.313 e. The van der Waals surface area contributed by atoms with Gasteiger partial charge in [0, 0.05) is 6.20 Å². The van der Waals surface area contributed by atoms with Crippen LogP contribution in [0, 0.1) is 6.92 Å². The summed E-state index contributed by atoms with van der Waals surface area (Å²) in [5.74, 6) is -0.364. The summed E-state index contributed by atoms with van der Waals surface area (Å²) in [5.41, 5.74) is 0.776. The molecule has 20 heavy (non-hydrogen) atoms. The molecule has 0 aliphatic carbocycles. The molecule has 1 aromatic heterocycles. The molecule has 1 unspecified atom stereocenters. The molecule has 0 aliphatic rings. The quantitative estimate of drug-likeness (QED) is 0.864. The van der Waals surface area contributed by atoms with Crippen LogP contribution in [0.4, 0.5) is 0 Å². The van der Waals surface area contributed by atoms with Crippen molar-refractivity contribution in [3.63, 3.8) is 0 Å². The topological polar surface area (TPSA) is 71.9 Å². The summed E-state index contributed by atoms with van der Waals surface area (Å²) in [6, 6.07) is 7.09. The van der Waals surface area contributed by atoms with Crippen molar-refractivity contribution in [2.45, 2.75) is 26.8 Å². The molecule has 0 amide bonds. The van der Waals surface area contributed by atoms with E-state index >= 15 is 0 Å². The molecule has 0 radical (unpaired) electrons. The Morgan fingerprint density at radius 1 is 1.25 bits per heavy atom. The summed E-state index contributed by atoms with van der Waals surface area (Å²) in [7, 11) is 0. The van der Waals surface area contributed by atoms with Crippen molar-refractivity contribution in [3.8, 4) is 0 Å². The van der Waals surface area contributed by atoms with E-state index in [2.05, 4.69) is 4.98 Å². The number of benzene rings is 1. The number of carbonyl (C=O) groups excluding carboxylic acids is 1. The number of aromatic nitrogens is 2. The monoisotopic (exact) mass is 272 g/mol.